The van der Waals surface area contributed by atoms with Crippen LogP contribution in [0.15, 0.2) is 71.3 Å². The molecular weight excluding hydrogens is 354 g/mol. The lowest BCUT2D eigenvalue weighted by atomic mass is 10.2. The summed E-state index contributed by atoms with van der Waals surface area (Å²) in [5.41, 5.74) is 1.70. The molecule has 6 nitrogen and oxygen atoms in total. The lowest BCUT2D eigenvalue weighted by Crippen LogP contribution is -2.36. The van der Waals surface area contributed by atoms with Crippen molar-refractivity contribution in [2.24, 2.45) is 0 Å². The number of nitrogens with zero attached hydrogens (tertiary/aromatic N) is 1. The van der Waals surface area contributed by atoms with Gasteiger partial charge in [-0.15, -0.1) is 0 Å². The van der Waals surface area contributed by atoms with E-state index < -0.39 is 0 Å². The van der Waals surface area contributed by atoms with Gasteiger partial charge < -0.3 is 19.8 Å². The van der Waals surface area contributed by atoms with Crippen LogP contribution in [0.5, 0.6) is 11.5 Å². The maximum Gasteiger partial charge on any atom is 0.319 e. The topological polar surface area (TPSA) is 66.7 Å². The van der Waals surface area contributed by atoms with Crippen LogP contribution >= 0.6 is 0 Å². The number of amides is 2. The molecule has 0 fully saturated rings. The van der Waals surface area contributed by atoms with Crippen LogP contribution in [0.3, 0.4) is 0 Å². The van der Waals surface area contributed by atoms with Crippen LogP contribution in [0.1, 0.15) is 17.4 Å². The Kier molecular flexibility index (Phi) is 6.34. The van der Waals surface area contributed by atoms with Crippen molar-refractivity contribution in [2.45, 2.75) is 13.0 Å². The zero-order valence-electron chi connectivity index (χ0n) is 16.3. The number of furan rings is 1. The van der Waals surface area contributed by atoms with Gasteiger partial charge in [-0.2, -0.15) is 0 Å². The van der Waals surface area contributed by atoms with Crippen LogP contribution in [-0.2, 0) is 0 Å². The SMILES string of the molecule is Cc1cccc(Oc2ccccc2NC(=O)NCC(c2ccco2)N(C)C)c1. The van der Waals surface area contributed by atoms with Crippen molar-refractivity contribution in [3.8, 4) is 11.5 Å². The van der Waals surface area contributed by atoms with Crippen LogP contribution in [0.4, 0.5) is 10.5 Å². The van der Waals surface area contributed by atoms with E-state index in [0.29, 0.717) is 18.0 Å². The van der Waals surface area contributed by atoms with Gasteiger partial charge in [-0.25, -0.2) is 4.79 Å². The average Bonchev–Trinajstić information content (AvgIpc) is 3.17. The Morgan fingerprint density at radius 1 is 1.11 bits per heavy atom. The molecule has 0 spiro atoms. The first-order valence-corrected chi connectivity index (χ1v) is 9.11. The molecule has 0 saturated carbocycles. The van der Waals surface area contributed by atoms with Crippen molar-refractivity contribution < 1.29 is 13.9 Å². The van der Waals surface area contributed by atoms with Gasteiger partial charge in [-0.1, -0.05) is 24.3 Å². The number of para-hydroxylation sites is 2. The van der Waals surface area contributed by atoms with Crippen LogP contribution in [0.25, 0.3) is 0 Å². The standard InChI is InChI=1S/C22H25N3O3/c1-16-8-6-9-17(14-16)28-20-11-5-4-10-18(20)24-22(26)23-15-19(25(2)3)21-12-7-13-27-21/h4-14,19H,15H2,1-3H3,(H2,23,24,26). The third kappa shape index (κ3) is 5.14. The number of hydrogen-bond acceptors (Lipinski definition) is 4. The average molecular weight is 379 g/mol. The van der Waals surface area contributed by atoms with Crippen LogP contribution in [0.2, 0.25) is 0 Å². The first-order valence-electron chi connectivity index (χ1n) is 9.11. The molecular formula is C22H25N3O3. The predicted molar refractivity (Wildman–Crippen MR) is 110 cm³/mol. The fourth-order valence-corrected chi connectivity index (χ4v) is 2.84. The van der Waals surface area contributed by atoms with Crippen molar-refractivity contribution in [3.63, 3.8) is 0 Å². The van der Waals surface area contributed by atoms with E-state index in [1.54, 1.807) is 12.3 Å². The summed E-state index contributed by atoms with van der Waals surface area (Å²) in [6, 6.07) is 18.5. The minimum atomic E-state index is -0.307. The van der Waals surface area contributed by atoms with Gasteiger partial charge in [0.1, 0.15) is 11.5 Å². The lowest BCUT2D eigenvalue weighted by molar-refractivity contribution is 0.233. The number of benzene rings is 2. The zero-order valence-corrected chi connectivity index (χ0v) is 16.3. The molecule has 1 aromatic heterocycles. The Balaban J connectivity index is 1.64. The predicted octanol–water partition coefficient (Wildman–Crippen LogP) is 4.80. The molecule has 0 radical (unpaired) electrons. The molecule has 3 aromatic rings. The summed E-state index contributed by atoms with van der Waals surface area (Å²) in [7, 11) is 3.88. The second-order valence-corrected chi connectivity index (χ2v) is 6.74. The largest absolute Gasteiger partial charge is 0.468 e. The molecule has 3 rings (SSSR count). The molecule has 1 heterocycles. The molecule has 28 heavy (non-hydrogen) atoms. The Bertz CT molecular complexity index is 907. The van der Waals surface area contributed by atoms with Crippen molar-refractivity contribution in [3.05, 3.63) is 78.3 Å². The summed E-state index contributed by atoms with van der Waals surface area (Å²) in [5, 5.41) is 5.75. The van der Waals surface area contributed by atoms with E-state index in [9.17, 15) is 4.79 Å². The minimum Gasteiger partial charge on any atom is -0.468 e. The monoisotopic (exact) mass is 379 g/mol. The molecule has 0 aliphatic carbocycles. The summed E-state index contributed by atoms with van der Waals surface area (Å²) in [5.74, 6) is 2.10. The molecule has 0 aliphatic rings. The van der Waals surface area contributed by atoms with Gasteiger partial charge in [-0.05, 0) is 63.0 Å². The van der Waals surface area contributed by atoms with E-state index in [0.717, 1.165) is 17.1 Å². The van der Waals surface area contributed by atoms with Gasteiger partial charge in [0.2, 0.25) is 0 Å². The fourth-order valence-electron chi connectivity index (χ4n) is 2.84. The molecule has 6 heteroatoms. The number of anilines is 1. The normalized spacial score (nSPS) is 11.9. The molecule has 0 bridgehead atoms. The van der Waals surface area contributed by atoms with Gasteiger partial charge in [0.15, 0.2) is 5.75 Å². The van der Waals surface area contributed by atoms with Crippen molar-refractivity contribution in [1.29, 1.82) is 0 Å². The third-order valence-electron chi connectivity index (χ3n) is 4.30. The number of ether oxygens (including phenoxy) is 1. The van der Waals surface area contributed by atoms with E-state index in [4.69, 9.17) is 9.15 Å². The second kappa shape index (κ2) is 9.10. The smallest absolute Gasteiger partial charge is 0.319 e. The van der Waals surface area contributed by atoms with Crippen LogP contribution in [0, 0.1) is 6.92 Å². The van der Waals surface area contributed by atoms with Crippen molar-refractivity contribution >= 4 is 11.7 Å². The number of likely N-dealkylation sites (N-methyl/N-ethyl adjacent to an activating group) is 1. The molecule has 2 N–H and O–H groups in total. The highest BCUT2D eigenvalue weighted by molar-refractivity contribution is 5.91. The quantitative estimate of drug-likeness (QED) is 0.618. The number of nitrogens with one attached hydrogen (secondary N) is 2. The van der Waals surface area contributed by atoms with Crippen LogP contribution < -0.4 is 15.4 Å². The second-order valence-electron chi connectivity index (χ2n) is 6.74. The molecule has 1 atom stereocenters. The van der Waals surface area contributed by atoms with E-state index in [2.05, 4.69) is 10.6 Å². The Morgan fingerprint density at radius 3 is 2.64 bits per heavy atom. The first-order chi connectivity index (χ1) is 13.5. The summed E-state index contributed by atoms with van der Waals surface area (Å²) in [4.78, 5) is 14.4. The van der Waals surface area contributed by atoms with Crippen molar-refractivity contribution in [2.75, 3.05) is 26.0 Å². The van der Waals surface area contributed by atoms with E-state index >= 15 is 0 Å². The maximum absolute atomic E-state index is 12.4. The van der Waals surface area contributed by atoms with Gasteiger partial charge in [-0.3, -0.25) is 4.90 Å². The third-order valence-corrected chi connectivity index (χ3v) is 4.30. The summed E-state index contributed by atoms with van der Waals surface area (Å²) >= 11 is 0. The molecule has 146 valence electrons. The number of hydrogen-bond donors (Lipinski definition) is 2. The van der Waals surface area contributed by atoms with Crippen LogP contribution in [-0.4, -0.2) is 31.6 Å². The first kappa shape index (κ1) is 19.5. The molecule has 0 aliphatic heterocycles. The van der Waals surface area contributed by atoms with E-state index in [1.807, 2.05) is 80.5 Å². The number of carbonyl (C=O) groups excluding carboxylic acids is 1. The maximum atomic E-state index is 12.4. The Hall–Kier alpha value is -3.25. The fraction of sp³-hybridized carbons (Fsp3) is 0.227. The van der Waals surface area contributed by atoms with Gasteiger partial charge in [0.05, 0.1) is 18.0 Å². The zero-order chi connectivity index (χ0) is 19.9. The van der Waals surface area contributed by atoms with Crippen molar-refractivity contribution in [1.82, 2.24) is 10.2 Å². The lowest BCUT2D eigenvalue weighted by Gasteiger charge is -2.22. The van der Waals surface area contributed by atoms with E-state index in [1.165, 1.54) is 0 Å². The Morgan fingerprint density at radius 2 is 1.93 bits per heavy atom. The molecule has 0 saturated heterocycles. The highest BCUT2D eigenvalue weighted by atomic mass is 16.5. The summed E-state index contributed by atoms with van der Waals surface area (Å²) in [6.45, 7) is 2.41. The Labute approximate surface area is 165 Å². The van der Waals surface area contributed by atoms with Gasteiger partial charge in [0.25, 0.3) is 0 Å². The highest BCUT2D eigenvalue weighted by Gasteiger charge is 2.18. The number of rotatable bonds is 7. The minimum absolute atomic E-state index is 0.0560. The van der Waals surface area contributed by atoms with Gasteiger partial charge in [0, 0.05) is 6.54 Å². The number of carbonyl (C=O) groups is 1. The van der Waals surface area contributed by atoms with E-state index in [-0.39, 0.29) is 12.1 Å². The molecule has 2 aromatic carbocycles. The summed E-state index contributed by atoms with van der Waals surface area (Å²) in [6.07, 6.45) is 1.63. The number of urea groups is 1. The molecule has 2 amide bonds. The summed E-state index contributed by atoms with van der Waals surface area (Å²) < 4.78 is 11.4. The highest BCUT2D eigenvalue weighted by Crippen LogP contribution is 2.29. The molecule has 1 unspecified atom stereocenters. The van der Waals surface area contributed by atoms with Gasteiger partial charge >= 0.3 is 6.03 Å². The number of aryl methyl sites for hydroxylation is 1.